The first-order valence-electron chi connectivity index (χ1n) is 8.04. The summed E-state index contributed by atoms with van der Waals surface area (Å²) in [7, 11) is 1.75. The van der Waals surface area contributed by atoms with Gasteiger partial charge in [0.25, 0.3) is 0 Å². The molecule has 0 aromatic carbocycles. The van der Waals surface area contributed by atoms with E-state index >= 15 is 0 Å². The van der Waals surface area contributed by atoms with Crippen LogP contribution in [0.1, 0.15) is 31.9 Å². The maximum atomic E-state index is 11.5. The Hall–Kier alpha value is -2.00. The molecule has 9 heteroatoms. The number of aromatic nitrogens is 3. The zero-order valence-corrected chi connectivity index (χ0v) is 14.3. The first-order chi connectivity index (χ1) is 11.6. The molecule has 1 rings (SSSR count). The molecule has 24 heavy (non-hydrogen) atoms. The summed E-state index contributed by atoms with van der Waals surface area (Å²) >= 11 is 0. The average molecular weight is 342 g/mol. The van der Waals surface area contributed by atoms with Crippen LogP contribution < -0.4 is 5.32 Å². The van der Waals surface area contributed by atoms with Gasteiger partial charge < -0.3 is 19.5 Å². The molecule has 0 aliphatic carbocycles. The lowest BCUT2D eigenvalue weighted by atomic mass is 10.3. The van der Waals surface area contributed by atoms with E-state index in [4.69, 9.17) is 14.2 Å². The summed E-state index contributed by atoms with van der Waals surface area (Å²) in [6.45, 7) is 3.98. The second kappa shape index (κ2) is 12.4. The van der Waals surface area contributed by atoms with Gasteiger partial charge in [-0.2, -0.15) is 0 Å². The summed E-state index contributed by atoms with van der Waals surface area (Å²) in [5, 5.41) is 10.3. The SMILES string of the molecule is CCCNC(=O)COCCOCCCC(=O)OCc1cn(C)nn1. The number of hydrogen-bond acceptors (Lipinski definition) is 7. The number of carbonyl (C=O) groups is 2. The molecule has 0 saturated heterocycles. The van der Waals surface area contributed by atoms with Crippen LogP contribution in [0.3, 0.4) is 0 Å². The van der Waals surface area contributed by atoms with Crippen LogP contribution in [-0.4, -0.2) is 59.8 Å². The van der Waals surface area contributed by atoms with Gasteiger partial charge in [-0.1, -0.05) is 12.1 Å². The second-order valence-corrected chi connectivity index (χ2v) is 5.16. The highest BCUT2D eigenvalue weighted by atomic mass is 16.5. The summed E-state index contributed by atoms with van der Waals surface area (Å²) in [6.07, 6.45) is 3.44. The van der Waals surface area contributed by atoms with Crippen LogP contribution in [0.4, 0.5) is 0 Å². The number of hydrogen-bond donors (Lipinski definition) is 1. The van der Waals surface area contributed by atoms with E-state index in [1.54, 1.807) is 17.9 Å². The van der Waals surface area contributed by atoms with Gasteiger partial charge in [0.05, 0.1) is 19.4 Å². The van der Waals surface area contributed by atoms with E-state index in [0.29, 0.717) is 38.5 Å². The molecule has 0 bridgehead atoms. The molecule has 0 unspecified atom stereocenters. The average Bonchev–Trinajstić information content (AvgIpc) is 2.98. The van der Waals surface area contributed by atoms with Crippen molar-refractivity contribution in [2.75, 3.05) is 33.0 Å². The van der Waals surface area contributed by atoms with Gasteiger partial charge in [0.2, 0.25) is 5.91 Å². The van der Waals surface area contributed by atoms with Gasteiger partial charge in [0.15, 0.2) is 0 Å². The fourth-order valence-electron chi connectivity index (χ4n) is 1.71. The molecule has 136 valence electrons. The number of amides is 1. The summed E-state index contributed by atoms with van der Waals surface area (Å²) in [4.78, 5) is 22.8. The first kappa shape index (κ1) is 20.0. The maximum Gasteiger partial charge on any atom is 0.306 e. The molecular formula is C15H26N4O5. The van der Waals surface area contributed by atoms with E-state index < -0.39 is 0 Å². The molecule has 0 radical (unpaired) electrons. The normalized spacial score (nSPS) is 10.6. The Morgan fingerprint density at radius 1 is 1.25 bits per heavy atom. The number of ether oxygens (including phenoxy) is 3. The third kappa shape index (κ3) is 9.90. The van der Waals surface area contributed by atoms with Crippen LogP contribution in [0, 0.1) is 0 Å². The minimum Gasteiger partial charge on any atom is -0.459 e. The van der Waals surface area contributed by atoms with E-state index in [9.17, 15) is 9.59 Å². The topological polar surface area (TPSA) is 105 Å². The molecule has 1 amide bonds. The highest BCUT2D eigenvalue weighted by Crippen LogP contribution is 1.99. The zero-order chi connectivity index (χ0) is 17.6. The monoisotopic (exact) mass is 342 g/mol. The van der Waals surface area contributed by atoms with Gasteiger partial charge in [-0.3, -0.25) is 14.3 Å². The van der Waals surface area contributed by atoms with Gasteiger partial charge in [-0.25, -0.2) is 0 Å². The van der Waals surface area contributed by atoms with E-state index in [0.717, 1.165) is 6.42 Å². The van der Waals surface area contributed by atoms with Gasteiger partial charge >= 0.3 is 5.97 Å². The lowest BCUT2D eigenvalue weighted by Gasteiger charge is -2.06. The third-order valence-electron chi connectivity index (χ3n) is 2.88. The predicted molar refractivity (Wildman–Crippen MR) is 85.0 cm³/mol. The molecule has 0 fully saturated rings. The van der Waals surface area contributed by atoms with Crippen LogP contribution in [0.5, 0.6) is 0 Å². The Kier molecular flexibility index (Phi) is 10.4. The van der Waals surface area contributed by atoms with Crippen LogP contribution in [0.15, 0.2) is 6.20 Å². The van der Waals surface area contributed by atoms with Crippen LogP contribution in [-0.2, 0) is 37.5 Å². The van der Waals surface area contributed by atoms with Crippen molar-refractivity contribution in [2.45, 2.75) is 32.8 Å². The van der Waals surface area contributed by atoms with Crippen molar-refractivity contribution in [3.8, 4) is 0 Å². The number of nitrogens with zero attached hydrogens (tertiary/aromatic N) is 3. The minimum atomic E-state index is -0.298. The maximum absolute atomic E-state index is 11.5. The van der Waals surface area contributed by atoms with Gasteiger partial charge in [-0.15, -0.1) is 5.10 Å². The second-order valence-electron chi connectivity index (χ2n) is 5.16. The van der Waals surface area contributed by atoms with Crippen LogP contribution in [0.25, 0.3) is 0 Å². The van der Waals surface area contributed by atoms with Crippen LogP contribution >= 0.6 is 0 Å². The number of aryl methyl sites for hydroxylation is 1. The Balaban J connectivity index is 1.89. The molecule has 0 aliphatic rings. The van der Waals surface area contributed by atoms with Crippen molar-refractivity contribution in [3.05, 3.63) is 11.9 Å². The predicted octanol–water partition coefficient (Wildman–Crippen LogP) is 0.198. The van der Waals surface area contributed by atoms with Crippen molar-refractivity contribution < 1.29 is 23.8 Å². The molecule has 1 aromatic heterocycles. The minimum absolute atomic E-state index is 0.0397. The molecular weight excluding hydrogens is 316 g/mol. The molecule has 0 spiro atoms. The van der Waals surface area contributed by atoms with Crippen molar-refractivity contribution in [2.24, 2.45) is 7.05 Å². The van der Waals surface area contributed by atoms with Gasteiger partial charge in [-0.05, 0) is 12.8 Å². The third-order valence-corrected chi connectivity index (χ3v) is 2.88. The van der Waals surface area contributed by atoms with Crippen molar-refractivity contribution >= 4 is 11.9 Å². The standard InChI is InChI=1S/C15H26N4O5/c1-3-6-16-14(20)12-23-9-8-22-7-4-5-15(21)24-11-13-10-19(2)18-17-13/h10H,3-9,11-12H2,1-2H3,(H,16,20). The quantitative estimate of drug-likeness (QED) is 0.403. The summed E-state index contributed by atoms with van der Waals surface area (Å²) in [5.41, 5.74) is 0.613. The van der Waals surface area contributed by atoms with E-state index in [1.165, 1.54) is 0 Å². The molecule has 1 aromatic rings. The molecule has 9 nitrogen and oxygen atoms in total. The lowest BCUT2D eigenvalue weighted by Crippen LogP contribution is -2.28. The highest BCUT2D eigenvalue weighted by Gasteiger charge is 2.05. The van der Waals surface area contributed by atoms with E-state index in [1.807, 2.05) is 6.92 Å². The first-order valence-corrected chi connectivity index (χ1v) is 8.04. The number of nitrogens with one attached hydrogen (secondary N) is 1. The highest BCUT2D eigenvalue weighted by molar-refractivity contribution is 5.77. The van der Waals surface area contributed by atoms with Gasteiger partial charge in [0, 0.05) is 26.6 Å². The molecule has 1 N–H and O–H groups in total. The Labute approximate surface area is 141 Å². The Bertz CT molecular complexity index is 492. The summed E-state index contributed by atoms with van der Waals surface area (Å²) in [5.74, 6) is -0.421. The molecule has 0 saturated carbocycles. The Morgan fingerprint density at radius 3 is 2.75 bits per heavy atom. The molecule has 0 aliphatic heterocycles. The van der Waals surface area contributed by atoms with Crippen LogP contribution in [0.2, 0.25) is 0 Å². The van der Waals surface area contributed by atoms with Crippen molar-refractivity contribution in [1.82, 2.24) is 20.3 Å². The zero-order valence-electron chi connectivity index (χ0n) is 14.3. The fraction of sp³-hybridized carbons (Fsp3) is 0.733. The summed E-state index contributed by atoms with van der Waals surface area (Å²) in [6, 6.07) is 0. The Morgan fingerprint density at radius 2 is 2.04 bits per heavy atom. The lowest BCUT2D eigenvalue weighted by molar-refractivity contribution is -0.145. The fourth-order valence-corrected chi connectivity index (χ4v) is 1.71. The van der Waals surface area contributed by atoms with Crippen molar-refractivity contribution in [1.29, 1.82) is 0 Å². The number of rotatable bonds is 13. The number of esters is 1. The van der Waals surface area contributed by atoms with Gasteiger partial charge in [0.1, 0.15) is 18.9 Å². The largest absolute Gasteiger partial charge is 0.459 e. The number of carbonyl (C=O) groups excluding carboxylic acids is 2. The van der Waals surface area contributed by atoms with E-state index in [-0.39, 0.29) is 31.5 Å². The van der Waals surface area contributed by atoms with E-state index in [2.05, 4.69) is 15.6 Å². The molecule has 0 atom stereocenters. The summed E-state index contributed by atoms with van der Waals surface area (Å²) < 4.78 is 17.1. The smallest absolute Gasteiger partial charge is 0.306 e. The molecule has 1 heterocycles. The van der Waals surface area contributed by atoms with Crippen molar-refractivity contribution in [3.63, 3.8) is 0 Å².